The molecule has 1 aliphatic heterocycles. The third-order valence-corrected chi connectivity index (χ3v) is 4.93. The van der Waals surface area contributed by atoms with Crippen molar-refractivity contribution in [3.05, 3.63) is 59.7 Å². The van der Waals surface area contributed by atoms with Crippen molar-refractivity contribution < 1.29 is 19.5 Å². The van der Waals surface area contributed by atoms with Gasteiger partial charge in [-0.05, 0) is 36.1 Å². The second kappa shape index (κ2) is 8.03. The van der Waals surface area contributed by atoms with Crippen LogP contribution in [0.5, 0.6) is 0 Å². The Bertz CT molecular complexity index is 878. The fraction of sp³-hybridized carbons (Fsp3) is 0.286. The van der Waals surface area contributed by atoms with Crippen LogP contribution in [0.15, 0.2) is 48.5 Å². The van der Waals surface area contributed by atoms with Crippen molar-refractivity contribution in [3.8, 4) is 11.1 Å². The van der Waals surface area contributed by atoms with Gasteiger partial charge in [0.2, 0.25) is 5.91 Å². The average Bonchev–Trinajstić information content (AvgIpc) is 2.72. The number of hydrogen-bond donors (Lipinski definition) is 2. The van der Waals surface area contributed by atoms with E-state index < -0.39 is 5.97 Å². The zero-order valence-corrected chi connectivity index (χ0v) is 15.1. The van der Waals surface area contributed by atoms with E-state index in [0.717, 1.165) is 12.8 Å². The van der Waals surface area contributed by atoms with Crippen LogP contribution in [0.3, 0.4) is 0 Å². The molecule has 1 saturated heterocycles. The summed E-state index contributed by atoms with van der Waals surface area (Å²) in [6.45, 7) is 0.953. The Morgan fingerprint density at radius 3 is 2.22 bits per heavy atom. The molecule has 1 atom stereocenters. The first-order chi connectivity index (χ1) is 13.0. The molecule has 1 unspecified atom stereocenters. The Balaban J connectivity index is 1.96. The predicted octanol–water partition coefficient (Wildman–Crippen LogP) is 2.65. The number of carboxylic acids is 1. The number of nitrogens with one attached hydrogen (secondary N) is 1. The Morgan fingerprint density at radius 1 is 1.00 bits per heavy atom. The van der Waals surface area contributed by atoms with Gasteiger partial charge in [0.15, 0.2) is 0 Å². The molecule has 1 fully saturated rings. The Hall–Kier alpha value is -3.15. The van der Waals surface area contributed by atoms with Crippen LogP contribution in [0.2, 0.25) is 0 Å². The van der Waals surface area contributed by atoms with E-state index in [1.54, 1.807) is 54.4 Å². The quantitative estimate of drug-likeness (QED) is 0.871. The van der Waals surface area contributed by atoms with E-state index in [0.29, 0.717) is 29.8 Å². The smallest absolute Gasteiger partial charge is 0.336 e. The van der Waals surface area contributed by atoms with E-state index in [9.17, 15) is 19.5 Å². The van der Waals surface area contributed by atoms with E-state index in [4.69, 9.17) is 0 Å². The van der Waals surface area contributed by atoms with Crippen LogP contribution >= 0.6 is 0 Å². The first-order valence-electron chi connectivity index (χ1n) is 8.95. The Morgan fingerprint density at radius 2 is 1.59 bits per heavy atom. The lowest BCUT2D eigenvalue weighted by atomic mass is 9.93. The number of likely N-dealkylation sites (tertiary alicyclic amines) is 1. The molecule has 0 saturated carbocycles. The molecule has 0 spiro atoms. The van der Waals surface area contributed by atoms with Gasteiger partial charge in [0.1, 0.15) is 0 Å². The molecular formula is C21H22N2O4. The highest BCUT2D eigenvalue weighted by atomic mass is 16.4. The van der Waals surface area contributed by atoms with E-state index in [1.165, 1.54) is 6.07 Å². The minimum Gasteiger partial charge on any atom is -0.478 e. The molecule has 6 nitrogen and oxygen atoms in total. The number of nitrogens with zero attached hydrogens (tertiary/aromatic N) is 1. The summed E-state index contributed by atoms with van der Waals surface area (Å²) in [5, 5.41) is 12.1. The van der Waals surface area contributed by atoms with Crippen molar-refractivity contribution in [2.75, 3.05) is 20.1 Å². The average molecular weight is 366 g/mol. The van der Waals surface area contributed by atoms with Gasteiger partial charge in [-0.2, -0.15) is 0 Å². The van der Waals surface area contributed by atoms with Crippen molar-refractivity contribution in [1.82, 2.24) is 10.2 Å². The number of amides is 2. The maximum Gasteiger partial charge on any atom is 0.336 e. The first-order valence-corrected chi connectivity index (χ1v) is 8.95. The maximum absolute atomic E-state index is 13.2. The van der Waals surface area contributed by atoms with Gasteiger partial charge in [0.05, 0.1) is 11.5 Å². The second-order valence-electron chi connectivity index (χ2n) is 6.60. The summed E-state index contributed by atoms with van der Waals surface area (Å²) in [6, 6.07) is 13.7. The van der Waals surface area contributed by atoms with Crippen molar-refractivity contribution >= 4 is 17.8 Å². The fourth-order valence-corrected chi connectivity index (χ4v) is 3.56. The van der Waals surface area contributed by atoms with Crippen LogP contribution in [0.1, 0.15) is 33.6 Å². The zero-order chi connectivity index (χ0) is 19.4. The van der Waals surface area contributed by atoms with Crippen LogP contribution in [0.25, 0.3) is 11.1 Å². The fourth-order valence-electron chi connectivity index (χ4n) is 3.56. The zero-order valence-electron chi connectivity index (χ0n) is 15.1. The van der Waals surface area contributed by atoms with Crippen LogP contribution in [0.4, 0.5) is 0 Å². The Kier molecular flexibility index (Phi) is 5.54. The molecule has 0 radical (unpaired) electrons. The molecular weight excluding hydrogens is 344 g/mol. The number of aromatic carboxylic acids is 1. The van der Waals surface area contributed by atoms with E-state index in [1.807, 2.05) is 0 Å². The summed E-state index contributed by atoms with van der Waals surface area (Å²) in [7, 11) is 1.60. The summed E-state index contributed by atoms with van der Waals surface area (Å²) in [5.41, 5.74) is 1.69. The van der Waals surface area contributed by atoms with Crippen LogP contribution in [-0.4, -0.2) is 47.9 Å². The number of carbonyl (C=O) groups is 3. The lowest BCUT2D eigenvalue weighted by Crippen LogP contribution is -2.44. The highest BCUT2D eigenvalue weighted by Gasteiger charge is 2.29. The summed E-state index contributed by atoms with van der Waals surface area (Å²) in [4.78, 5) is 38.4. The largest absolute Gasteiger partial charge is 0.478 e. The van der Waals surface area contributed by atoms with Crippen LogP contribution in [0, 0.1) is 5.92 Å². The highest BCUT2D eigenvalue weighted by Crippen LogP contribution is 2.29. The van der Waals surface area contributed by atoms with Crippen molar-refractivity contribution in [2.45, 2.75) is 12.8 Å². The van der Waals surface area contributed by atoms with Crippen molar-refractivity contribution in [2.24, 2.45) is 5.92 Å². The molecule has 2 amide bonds. The second-order valence-corrected chi connectivity index (χ2v) is 6.60. The Labute approximate surface area is 157 Å². The number of piperidine rings is 1. The summed E-state index contributed by atoms with van der Waals surface area (Å²) in [6.07, 6.45) is 1.52. The summed E-state index contributed by atoms with van der Waals surface area (Å²) in [5.74, 6) is -1.49. The number of carbonyl (C=O) groups excluding carboxylic acids is 2. The summed E-state index contributed by atoms with van der Waals surface area (Å²) >= 11 is 0. The van der Waals surface area contributed by atoms with Gasteiger partial charge in [-0.25, -0.2) is 4.79 Å². The number of hydrogen-bond acceptors (Lipinski definition) is 3. The van der Waals surface area contributed by atoms with E-state index in [2.05, 4.69) is 5.32 Å². The predicted molar refractivity (Wildman–Crippen MR) is 102 cm³/mol. The molecule has 27 heavy (non-hydrogen) atoms. The third kappa shape index (κ3) is 3.84. The standard InChI is InChI=1S/C21H22N2O4/c1-22-19(24)14-7-6-12-23(13-14)20(25)17-10-4-2-8-15(17)16-9-3-5-11-18(16)21(26)27/h2-5,8-11,14H,6-7,12-13H2,1H3,(H,22,24)(H,26,27). The lowest BCUT2D eigenvalue weighted by molar-refractivity contribution is -0.125. The third-order valence-electron chi connectivity index (χ3n) is 4.93. The molecule has 2 aromatic carbocycles. The minimum atomic E-state index is -1.04. The van der Waals surface area contributed by atoms with Crippen molar-refractivity contribution in [3.63, 3.8) is 0 Å². The normalized spacial score (nSPS) is 16.6. The lowest BCUT2D eigenvalue weighted by Gasteiger charge is -2.32. The monoisotopic (exact) mass is 366 g/mol. The molecule has 0 aliphatic carbocycles. The molecule has 1 heterocycles. The van der Waals surface area contributed by atoms with Gasteiger partial charge in [0, 0.05) is 25.7 Å². The van der Waals surface area contributed by atoms with Crippen molar-refractivity contribution in [1.29, 1.82) is 0 Å². The first kappa shape index (κ1) is 18.6. The molecule has 2 aromatic rings. The summed E-state index contributed by atoms with van der Waals surface area (Å²) < 4.78 is 0. The molecule has 6 heteroatoms. The van der Waals surface area contributed by atoms with Gasteiger partial charge in [0.25, 0.3) is 5.91 Å². The van der Waals surface area contributed by atoms with Gasteiger partial charge in [-0.3, -0.25) is 9.59 Å². The van der Waals surface area contributed by atoms with Gasteiger partial charge >= 0.3 is 5.97 Å². The molecule has 0 bridgehead atoms. The van der Waals surface area contributed by atoms with Gasteiger partial charge in [-0.15, -0.1) is 0 Å². The van der Waals surface area contributed by atoms with Gasteiger partial charge < -0.3 is 15.3 Å². The van der Waals surface area contributed by atoms with Crippen LogP contribution in [-0.2, 0) is 4.79 Å². The van der Waals surface area contributed by atoms with Gasteiger partial charge in [-0.1, -0.05) is 36.4 Å². The molecule has 2 N–H and O–H groups in total. The van der Waals surface area contributed by atoms with E-state index >= 15 is 0 Å². The highest BCUT2D eigenvalue weighted by molar-refractivity contribution is 6.04. The molecule has 0 aromatic heterocycles. The van der Waals surface area contributed by atoms with Crippen LogP contribution < -0.4 is 5.32 Å². The van der Waals surface area contributed by atoms with E-state index in [-0.39, 0.29) is 23.3 Å². The topological polar surface area (TPSA) is 86.7 Å². The number of rotatable bonds is 4. The number of carboxylic acid groups (broad SMARTS) is 1. The SMILES string of the molecule is CNC(=O)C1CCCN(C(=O)c2ccccc2-c2ccccc2C(=O)O)C1. The maximum atomic E-state index is 13.2. The minimum absolute atomic E-state index is 0.0583. The molecule has 140 valence electrons. The molecule has 3 rings (SSSR count). The molecule has 1 aliphatic rings. The number of benzene rings is 2.